The van der Waals surface area contributed by atoms with Crippen LogP contribution in [0.1, 0.15) is 18.1 Å². The van der Waals surface area contributed by atoms with Crippen LogP contribution in [0.15, 0.2) is 36.5 Å². The molecule has 0 saturated carbocycles. The quantitative estimate of drug-likeness (QED) is 0.888. The molecule has 2 nitrogen and oxygen atoms in total. The molecule has 0 radical (unpaired) electrons. The van der Waals surface area contributed by atoms with Gasteiger partial charge in [-0.3, -0.25) is 0 Å². The minimum absolute atomic E-state index is 0.535. The largest absolute Gasteiger partial charge is 0.365 e. The van der Waals surface area contributed by atoms with Crippen molar-refractivity contribution in [3.05, 3.63) is 57.7 Å². The van der Waals surface area contributed by atoms with Gasteiger partial charge >= 0.3 is 0 Å². The van der Waals surface area contributed by atoms with Crippen molar-refractivity contribution in [1.29, 1.82) is 0 Å². The Bertz CT molecular complexity index is 524. The number of pyridine rings is 1. The Hall–Kier alpha value is -1.25. The van der Waals surface area contributed by atoms with Gasteiger partial charge in [-0.05, 0) is 23.6 Å². The van der Waals surface area contributed by atoms with Crippen molar-refractivity contribution in [2.45, 2.75) is 19.9 Å². The minimum atomic E-state index is 0.535. The van der Waals surface area contributed by atoms with Crippen molar-refractivity contribution in [1.82, 2.24) is 4.98 Å². The van der Waals surface area contributed by atoms with Gasteiger partial charge in [-0.25, -0.2) is 4.98 Å². The SMILES string of the molecule is CCc1ccc(CNc2ncc(Cl)cc2Cl)cc1. The van der Waals surface area contributed by atoms with Crippen molar-refractivity contribution >= 4 is 29.0 Å². The molecule has 0 spiro atoms. The van der Waals surface area contributed by atoms with Crippen molar-refractivity contribution < 1.29 is 0 Å². The van der Waals surface area contributed by atoms with Gasteiger partial charge in [-0.1, -0.05) is 54.4 Å². The number of nitrogens with zero attached hydrogens (tertiary/aromatic N) is 1. The molecule has 0 aliphatic rings. The van der Waals surface area contributed by atoms with Crippen LogP contribution < -0.4 is 5.32 Å². The molecule has 1 aromatic heterocycles. The maximum Gasteiger partial charge on any atom is 0.145 e. The number of rotatable bonds is 4. The molecule has 0 fully saturated rings. The fourth-order valence-electron chi connectivity index (χ4n) is 1.62. The van der Waals surface area contributed by atoms with Crippen molar-refractivity contribution in [3.8, 4) is 0 Å². The Morgan fingerprint density at radius 2 is 1.78 bits per heavy atom. The van der Waals surface area contributed by atoms with E-state index in [1.54, 1.807) is 12.3 Å². The summed E-state index contributed by atoms with van der Waals surface area (Å²) in [5, 5.41) is 4.27. The highest BCUT2D eigenvalue weighted by atomic mass is 35.5. The molecule has 0 aliphatic carbocycles. The molecule has 4 heteroatoms. The first-order valence-corrected chi connectivity index (χ1v) is 6.57. The van der Waals surface area contributed by atoms with Crippen molar-refractivity contribution in [3.63, 3.8) is 0 Å². The highest BCUT2D eigenvalue weighted by Crippen LogP contribution is 2.22. The molecule has 1 heterocycles. The van der Waals surface area contributed by atoms with Gasteiger partial charge in [0.1, 0.15) is 5.82 Å². The zero-order valence-corrected chi connectivity index (χ0v) is 11.6. The van der Waals surface area contributed by atoms with Gasteiger partial charge in [-0.15, -0.1) is 0 Å². The summed E-state index contributed by atoms with van der Waals surface area (Å²) in [4.78, 5) is 4.15. The number of hydrogen-bond acceptors (Lipinski definition) is 2. The summed E-state index contributed by atoms with van der Waals surface area (Å²) in [7, 11) is 0. The van der Waals surface area contributed by atoms with Crippen LogP contribution in [0, 0.1) is 0 Å². The second-order valence-electron chi connectivity index (χ2n) is 4.01. The van der Waals surface area contributed by atoms with E-state index in [0.717, 1.165) is 6.42 Å². The van der Waals surface area contributed by atoms with Crippen LogP contribution in [0.25, 0.3) is 0 Å². The van der Waals surface area contributed by atoms with E-state index in [2.05, 4.69) is 41.5 Å². The van der Waals surface area contributed by atoms with Gasteiger partial charge in [0, 0.05) is 12.7 Å². The molecule has 2 aromatic rings. The Morgan fingerprint density at radius 3 is 2.39 bits per heavy atom. The number of aromatic nitrogens is 1. The maximum absolute atomic E-state index is 6.03. The van der Waals surface area contributed by atoms with Crippen LogP contribution in [-0.4, -0.2) is 4.98 Å². The Kier molecular flexibility index (Phi) is 4.45. The van der Waals surface area contributed by atoms with Gasteiger partial charge in [0.15, 0.2) is 0 Å². The third-order valence-electron chi connectivity index (χ3n) is 2.70. The molecule has 0 saturated heterocycles. The van der Waals surface area contributed by atoms with E-state index in [0.29, 0.717) is 22.4 Å². The van der Waals surface area contributed by atoms with Crippen LogP contribution in [0.3, 0.4) is 0 Å². The standard InChI is InChI=1S/C14H14Cl2N2/c1-2-10-3-5-11(6-4-10)8-17-14-13(16)7-12(15)9-18-14/h3-7,9H,2,8H2,1H3,(H,17,18). The fraction of sp³-hybridized carbons (Fsp3) is 0.214. The summed E-state index contributed by atoms with van der Waals surface area (Å²) >= 11 is 11.8. The van der Waals surface area contributed by atoms with Crippen LogP contribution in [0.5, 0.6) is 0 Å². The zero-order chi connectivity index (χ0) is 13.0. The van der Waals surface area contributed by atoms with Gasteiger partial charge in [0.2, 0.25) is 0 Å². The highest BCUT2D eigenvalue weighted by molar-refractivity contribution is 6.35. The third kappa shape index (κ3) is 3.37. The summed E-state index contributed by atoms with van der Waals surface area (Å²) in [6.07, 6.45) is 2.63. The van der Waals surface area contributed by atoms with Gasteiger partial charge in [0.25, 0.3) is 0 Å². The smallest absolute Gasteiger partial charge is 0.145 e. The predicted octanol–water partition coefficient (Wildman–Crippen LogP) is 4.56. The minimum Gasteiger partial charge on any atom is -0.365 e. The number of benzene rings is 1. The summed E-state index contributed by atoms with van der Waals surface area (Å²) < 4.78 is 0. The first-order chi connectivity index (χ1) is 8.69. The number of aryl methyl sites for hydroxylation is 1. The normalized spacial score (nSPS) is 10.4. The van der Waals surface area contributed by atoms with Gasteiger partial charge in [-0.2, -0.15) is 0 Å². The lowest BCUT2D eigenvalue weighted by Crippen LogP contribution is -2.01. The molecule has 0 unspecified atom stereocenters. The summed E-state index contributed by atoms with van der Waals surface area (Å²) in [5.74, 6) is 0.653. The molecule has 1 aromatic carbocycles. The summed E-state index contributed by atoms with van der Waals surface area (Å²) in [6.45, 7) is 2.84. The highest BCUT2D eigenvalue weighted by Gasteiger charge is 2.02. The molecule has 0 amide bonds. The first-order valence-electron chi connectivity index (χ1n) is 5.81. The van der Waals surface area contributed by atoms with E-state index in [-0.39, 0.29) is 0 Å². The van der Waals surface area contributed by atoms with Crippen molar-refractivity contribution in [2.24, 2.45) is 0 Å². The molecule has 0 aliphatic heterocycles. The lowest BCUT2D eigenvalue weighted by molar-refractivity contribution is 1.09. The number of nitrogens with one attached hydrogen (secondary N) is 1. The van der Waals surface area contributed by atoms with E-state index in [9.17, 15) is 0 Å². The van der Waals surface area contributed by atoms with Gasteiger partial charge in [0.05, 0.1) is 10.0 Å². The molecule has 2 rings (SSSR count). The third-order valence-corrected chi connectivity index (χ3v) is 3.19. The van der Waals surface area contributed by atoms with E-state index >= 15 is 0 Å². The van der Waals surface area contributed by atoms with E-state index in [1.165, 1.54) is 11.1 Å². The zero-order valence-electron chi connectivity index (χ0n) is 10.1. The molecule has 1 N–H and O–H groups in total. The van der Waals surface area contributed by atoms with Crippen LogP contribution in [0.2, 0.25) is 10.0 Å². The Labute approximate surface area is 117 Å². The second-order valence-corrected chi connectivity index (χ2v) is 4.85. The van der Waals surface area contributed by atoms with E-state index < -0.39 is 0 Å². The molecule has 0 bridgehead atoms. The van der Waals surface area contributed by atoms with E-state index in [1.807, 2.05) is 0 Å². The van der Waals surface area contributed by atoms with E-state index in [4.69, 9.17) is 23.2 Å². The average Bonchev–Trinajstić information content (AvgIpc) is 2.38. The van der Waals surface area contributed by atoms with Gasteiger partial charge < -0.3 is 5.32 Å². The molecule has 0 atom stereocenters. The number of halogens is 2. The Balaban J connectivity index is 2.02. The number of hydrogen-bond donors (Lipinski definition) is 1. The van der Waals surface area contributed by atoms with Crippen LogP contribution >= 0.6 is 23.2 Å². The first kappa shape index (κ1) is 13.2. The lowest BCUT2D eigenvalue weighted by atomic mass is 10.1. The topological polar surface area (TPSA) is 24.9 Å². The number of anilines is 1. The van der Waals surface area contributed by atoms with Crippen molar-refractivity contribution in [2.75, 3.05) is 5.32 Å². The fourth-order valence-corrected chi connectivity index (χ4v) is 2.07. The predicted molar refractivity (Wildman–Crippen MR) is 77.4 cm³/mol. The van der Waals surface area contributed by atoms with Crippen LogP contribution in [0.4, 0.5) is 5.82 Å². The molecule has 18 heavy (non-hydrogen) atoms. The summed E-state index contributed by atoms with van der Waals surface area (Å²) in [6, 6.07) is 10.2. The summed E-state index contributed by atoms with van der Waals surface area (Å²) in [5.41, 5.74) is 2.53. The van der Waals surface area contributed by atoms with Crippen LogP contribution in [-0.2, 0) is 13.0 Å². The molecular weight excluding hydrogens is 267 g/mol. The molecule has 94 valence electrons. The Morgan fingerprint density at radius 1 is 1.11 bits per heavy atom. The second kappa shape index (κ2) is 6.07. The molecular formula is C14H14Cl2N2. The maximum atomic E-state index is 6.03. The average molecular weight is 281 g/mol. The monoisotopic (exact) mass is 280 g/mol. The lowest BCUT2D eigenvalue weighted by Gasteiger charge is -2.08.